The molecule has 0 unspecified atom stereocenters. The summed E-state index contributed by atoms with van der Waals surface area (Å²) in [7, 11) is 0. The highest BCUT2D eigenvalue weighted by Crippen LogP contribution is 1.93. The quantitative estimate of drug-likeness (QED) is 0.431. The fourth-order valence-corrected chi connectivity index (χ4v) is 0.621. The first-order chi connectivity index (χ1) is 4.41. The van der Waals surface area contributed by atoms with E-state index < -0.39 is 0 Å². The van der Waals surface area contributed by atoms with Crippen molar-refractivity contribution < 1.29 is 4.74 Å². The smallest absolute Gasteiger partial charge is 0.0644 e. The molecule has 0 aromatic heterocycles. The minimum absolute atomic E-state index is 0. The van der Waals surface area contributed by atoms with E-state index in [0.29, 0.717) is 6.61 Å². The first-order valence-electron chi connectivity index (χ1n) is 3.60. The van der Waals surface area contributed by atoms with Crippen LogP contribution in [0.4, 0.5) is 0 Å². The number of unbranched alkanes of at least 4 members (excludes halogenated alkanes) is 2. The third kappa shape index (κ3) is 10.9. The third-order valence-corrected chi connectivity index (χ3v) is 1.13. The molecule has 0 N–H and O–H groups in total. The van der Waals surface area contributed by atoms with Crippen molar-refractivity contribution >= 4 is 13.5 Å². The molecule has 0 aromatic rings. The van der Waals surface area contributed by atoms with Crippen LogP contribution in [-0.2, 0) is 4.74 Å². The number of hydrogen-bond acceptors (Lipinski definition) is 1. The highest BCUT2D eigenvalue weighted by Gasteiger charge is 1.83. The van der Waals surface area contributed by atoms with Gasteiger partial charge in [-0.2, -0.15) is 13.5 Å². The van der Waals surface area contributed by atoms with Gasteiger partial charge in [0.25, 0.3) is 0 Å². The van der Waals surface area contributed by atoms with Crippen LogP contribution in [0.5, 0.6) is 0 Å². The van der Waals surface area contributed by atoms with Gasteiger partial charge in [0.05, 0.1) is 6.61 Å². The molecule has 0 heterocycles. The van der Waals surface area contributed by atoms with Gasteiger partial charge in [0, 0.05) is 6.61 Å². The first kappa shape index (κ1) is 12.7. The van der Waals surface area contributed by atoms with E-state index in [-0.39, 0.29) is 13.5 Å². The molecule has 1 nitrogen and oxygen atoms in total. The lowest BCUT2D eigenvalue weighted by molar-refractivity contribution is 0.158. The van der Waals surface area contributed by atoms with Crippen molar-refractivity contribution in [3.63, 3.8) is 0 Å². The maximum Gasteiger partial charge on any atom is 0.0644 e. The molecule has 0 bridgehead atoms. The second-order valence-electron chi connectivity index (χ2n) is 2.07. The first-order valence-corrected chi connectivity index (χ1v) is 3.60. The van der Waals surface area contributed by atoms with Gasteiger partial charge in [0.1, 0.15) is 0 Å². The largest absolute Gasteiger partial charge is 0.377 e. The summed E-state index contributed by atoms with van der Waals surface area (Å²) in [6.45, 7) is 7.33. The summed E-state index contributed by atoms with van der Waals surface area (Å²) < 4.78 is 5.17. The van der Waals surface area contributed by atoms with Crippen LogP contribution >= 0.6 is 13.5 Å². The van der Waals surface area contributed by atoms with Crippen LogP contribution in [0, 0.1) is 0 Å². The summed E-state index contributed by atoms with van der Waals surface area (Å²) >= 11 is 0. The third-order valence-electron chi connectivity index (χ3n) is 1.13. The highest BCUT2D eigenvalue weighted by atomic mass is 32.1. The van der Waals surface area contributed by atoms with Crippen molar-refractivity contribution in [3.8, 4) is 0 Å². The molecule has 0 rings (SSSR count). The second kappa shape index (κ2) is 11.8. The summed E-state index contributed by atoms with van der Waals surface area (Å²) in [6, 6.07) is 0. The topological polar surface area (TPSA) is 9.23 Å². The Balaban J connectivity index is 0. The molecule has 0 aromatic carbocycles. The van der Waals surface area contributed by atoms with Crippen LogP contribution in [-0.4, -0.2) is 13.2 Å². The second-order valence-corrected chi connectivity index (χ2v) is 2.07. The normalized spacial score (nSPS) is 8.50. The van der Waals surface area contributed by atoms with Gasteiger partial charge >= 0.3 is 0 Å². The van der Waals surface area contributed by atoms with Gasteiger partial charge in [-0.15, -0.1) is 6.58 Å². The van der Waals surface area contributed by atoms with Gasteiger partial charge in [-0.3, -0.25) is 0 Å². The predicted octanol–water partition coefficient (Wildman–Crippen LogP) is 2.49. The molecule has 0 spiro atoms. The van der Waals surface area contributed by atoms with Gasteiger partial charge in [0.2, 0.25) is 0 Å². The van der Waals surface area contributed by atoms with Crippen LogP contribution < -0.4 is 0 Å². The Morgan fingerprint density at radius 2 is 2.10 bits per heavy atom. The van der Waals surface area contributed by atoms with Gasteiger partial charge < -0.3 is 4.74 Å². The Kier molecular flexibility index (Phi) is 15.0. The molecule has 2 heteroatoms. The molecule has 62 valence electrons. The zero-order valence-electron chi connectivity index (χ0n) is 6.73. The number of hydrogen-bond donors (Lipinski definition) is 0. The zero-order valence-corrected chi connectivity index (χ0v) is 7.73. The fraction of sp³-hybridized carbons (Fsp3) is 0.750. The average molecular weight is 162 g/mol. The van der Waals surface area contributed by atoms with E-state index in [1.54, 1.807) is 6.08 Å². The molecular formula is C8H18OS. The van der Waals surface area contributed by atoms with E-state index in [1.165, 1.54) is 19.3 Å². The van der Waals surface area contributed by atoms with E-state index in [1.807, 2.05) is 0 Å². The minimum atomic E-state index is 0. The van der Waals surface area contributed by atoms with E-state index in [9.17, 15) is 0 Å². The van der Waals surface area contributed by atoms with E-state index in [4.69, 9.17) is 4.74 Å². The molecule has 0 radical (unpaired) electrons. The Bertz CT molecular complexity index is 64.3. The molecule has 0 saturated heterocycles. The molecule has 0 atom stereocenters. The minimum Gasteiger partial charge on any atom is -0.377 e. The van der Waals surface area contributed by atoms with Gasteiger partial charge in [0.15, 0.2) is 0 Å². The van der Waals surface area contributed by atoms with Crippen LogP contribution in [0.1, 0.15) is 26.2 Å². The lowest BCUT2D eigenvalue weighted by atomic mass is 10.3. The maximum absolute atomic E-state index is 5.17. The molecule has 10 heavy (non-hydrogen) atoms. The van der Waals surface area contributed by atoms with Crippen molar-refractivity contribution in [2.24, 2.45) is 0 Å². The summed E-state index contributed by atoms with van der Waals surface area (Å²) in [6.07, 6.45) is 5.50. The van der Waals surface area contributed by atoms with Crippen molar-refractivity contribution in [2.45, 2.75) is 26.2 Å². The predicted molar refractivity (Wildman–Crippen MR) is 50.9 cm³/mol. The SMILES string of the molecule is C=CCOCCCCC.S. The highest BCUT2D eigenvalue weighted by molar-refractivity contribution is 7.59. The molecule has 0 saturated carbocycles. The Labute approximate surface area is 70.9 Å². The Hall–Kier alpha value is 0.0500. The Morgan fingerprint density at radius 3 is 2.60 bits per heavy atom. The van der Waals surface area contributed by atoms with Gasteiger partial charge in [-0.25, -0.2) is 0 Å². The number of rotatable bonds is 6. The molecule has 0 aliphatic carbocycles. The van der Waals surface area contributed by atoms with Crippen LogP contribution in [0.15, 0.2) is 12.7 Å². The standard InChI is InChI=1S/C8H16O.H2S/c1-3-5-6-8-9-7-4-2;/h4H,2-3,5-8H2,1H3;1H2. The van der Waals surface area contributed by atoms with Crippen LogP contribution in [0.2, 0.25) is 0 Å². The summed E-state index contributed by atoms with van der Waals surface area (Å²) in [5.41, 5.74) is 0. The number of ether oxygens (including phenoxy) is 1. The van der Waals surface area contributed by atoms with Gasteiger partial charge in [-0.1, -0.05) is 25.8 Å². The molecule has 0 amide bonds. The molecule has 0 aliphatic rings. The lowest BCUT2D eigenvalue weighted by Crippen LogP contribution is -1.92. The fourth-order valence-electron chi connectivity index (χ4n) is 0.621. The van der Waals surface area contributed by atoms with E-state index in [2.05, 4.69) is 13.5 Å². The average Bonchev–Trinajstić information content (AvgIpc) is 1.89. The van der Waals surface area contributed by atoms with Crippen molar-refractivity contribution in [3.05, 3.63) is 12.7 Å². The lowest BCUT2D eigenvalue weighted by Gasteiger charge is -1.97. The monoisotopic (exact) mass is 162 g/mol. The van der Waals surface area contributed by atoms with Crippen molar-refractivity contribution in [2.75, 3.05) is 13.2 Å². The molecule has 0 fully saturated rings. The van der Waals surface area contributed by atoms with Gasteiger partial charge in [-0.05, 0) is 6.42 Å². The van der Waals surface area contributed by atoms with Crippen LogP contribution in [0.3, 0.4) is 0 Å². The maximum atomic E-state index is 5.17. The van der Waals surface area contributed by atoms with Crippen molar-refractivity contribution in [1.29, 1.82) is 0 Å². The summed E-state index contributed by atoms with van der Waals surface area (Å²) in [5, 5.41) is 0. The molecular weight excluding hydrogens is 144 g/mol. The van der Waals surface area contributed by atoms with E-state index in [0.717, 1.165) is 6.61 Å². The zero-order chi connectivity index (χ0) is 6.95. The summed E-state index contributed by atoms with van der Waals surface area (Å²) in [4.78, 5) is 0. The summed E-state index contributed by atoms with van der Waals surface area (Å²) in [5.74, 6) is 0. The van der Waals surface area contributed by atoms with Crippen molar-refractivity contribution in [1.82, 2.24) is 0 Å². The van der Waals surface area contributed by atoms with E-state index >= 15 is 0 Å². The van der Waals surface area contributed by atoms with Crippen LogP contribution in [0.25, 0.3) is 0 Å². The molecule has 0 aliphatic heterocycles. The Morgan fingerprint density at radius 1 is 1.40 bits per heavy atom.